The molecule has 1 aliphatic heterocycles. The van der Waals surface area contributed by atoms with E-state index < -0.39 is 58.5 Å². The van der Waals surface area contributed by atoms with Crippen LogP contribution in [0.4, 0.5) is 4.79 Å². The Kier molecular flexibility index (Phi) is 11.3. The molecule has 12 heteroatoms. The van der Waals surface area contributed by atoms with Crippen LogP contribution < -0.4 is 21.7 Å². The van der Waals surface area contributed by atoms with Gasteiger partial charge in [-0.1, -0.05) is 68.2 Å². The first-order valence-electron chi connectivity index (χ1n) is 16.4. The van der Waals surface area contributed by atoms with Crippen molar-refractivity contribution in [3.05, 3.63) is 0 Å². The molecule has 2 saturated carbocycles. The van der Waals surface area contributed by atoms with E-state index in [9.17, 15) is 28.8 Å². The minimum absolute atomic E-state index is 0.0240. The number of Topliss-reactive ketones (excluding diaryl/α,β-unsaturated/α-hetero) is 1. The molecule has 0 aromatic rings. The molecule has 45 heavy (non-hydrogen) atoms. The van der Waals surface area contributed by atoms with Crippen molar-refractivity contribution in [2.75, 3.05) is 19.7 Å². The molecule has 0 spiro atoms. The first-order chi connectivity index (χ1) is 20.7. The molecule has 1 saturated heterocycles. The van der Waals surface area contributed by atoms with Gasteiger partial charge in [0.2, 0.25) is 17.6 Å². The van der Waals surface area contributed by atoms with E-state index in [1.807, 2.05) is 48.5 Å². The number of nitrogens with zero attached hydrogens (tertiary/aromatic N) is 1. The summed E-state index contributed by atoms with van der Waals surface area (Å²) in [5.41, 5.74) is 4.07. The molecule has 1 heterocycles. The van der Waals surface area contributed by atoms with Crippen LogP contribution in [-0.4, -0.2) is 78.2 Å². The maximum absolute atomic E-state index is 14.1. The first-order valence-corrected chi connectivity index (χ1v) is 16.4. The Morgan fingerprint density at radius 3 is 2.13 bits per heavy atom. The Balaban J connectivity index is 1.67. The van der Waals surface area contributed by atoms with Gasteiger partial charge < -0.3 is 31.3 Å². The van der Waals surface area contributed by atoms with Crippen LogP contribution in [0, 0.1) is 34.0 Å². The second kappa shape index (κ2) is 14.1. The van der Waals surface area contributed by atoms with Crippen LogP contribution in [0.1, 0.15) is 100 Å². The summed E-state index contributed by atoms with van der Waals surface area (Å²) in [4.78, 5) is 79.0. The number of amides is 5. The van der Waals surface area contributed by atoms with Gasteiger partial charge in [0.1, 0.15) is 12.1 Å². The van der Waals surface area contributed by atoms with Gasteiger partial charge in [-0.2, -0.15) is 0 Å². The van der Waals surface area contributed by atoms with E-state index in [1.165, 1.54) is 4.90 Å². The Morgan fingerprint density at radius 2 is 1.62 bits per heavy atom. The summed E-state index contributed by atoms with van der Waals surface area (Å²) in [5, 5.41) is 8.35. The van der Waals surface area contributed by atoms with Crippen molar-refractivity contribution in [3.8, 4) is 0 Å². The molecule has 2 aliphatic carbocycles. The Hall–Kier alpha value is -3.18. The average Bonchev–Trinajstić information content (AvgIpc) is 3.85. The third-order valence-electron chi connectivity index (χ3n) is 9.43. The fourth-order valence-electron chi connectivity index (χ4n) is 5.63. The molecule has 0 aromatic carbocycles. The Bertz CT molecular complexity index is 1150. The molecule has 0 bridgehead atoms. The van der Waals surface area contributed by atoms with Crippen LogP contribution >= 0.6 is 0 Å². The van der Waals surface area contributed by atoms with Crippen LogP contribution in [0.2, 0.25) is 0 Å². The second-order valence-electron chi connectivity index (χ2n) is 16.2. The Morgan fingerprint density at radius 1 is 1.00 bits per heavy atom. The van der Waals surface area contributed by atoms with Gasteiger partial charge in [-0.3, -0.25) is 24.0 Å². The number of esters is 1. The van der Waals surface area contributed by atoms with Crippen molar-refractivity contribution in [1.29, 1.82) is 0 Å². The fraction of sp³-hybridized carbons (Fsp3) is 0.818. The van der Waals surface area contributed by atoms with Gasteiger partial charge in [0, 0.05) is 18.5 Å². The molecule has 5 N–H and O–H groups in total. The molecular formula is C33H55N5O7. The van der Waals surface area contributed by atoms with Crippen LogP contribution in [0.25, 0.3) is 0 Å². The smallest absolute Gasteiger partial charge is 0.315 e. The van der Waals surface area contributed by atoms with Crippen molar-refractivity contribution in [3.63, 3.8) is 0 Å². The number of nitrogens with two attached hydrogens (primary N) is 1. The predicted octanol–water partition coefficient (Wildman–Crippen LogP) is 2.67. The molecular weight excluding hydrogens is 578 g/mol. The van der Waals surface area contributed by atoms with Crippen molar-refractivity contribution in [2.24, 2.45) is 39.7 Å². The van der Waals surface area contributed by atoms with Gasteiger partial charge in [0.05, 0.1) is 19.1 Å². The molecule has 3 aliphatic rings. The Labute approximate surface area is 267 Å². The highest BCUT2D eigenvalue weighted by molar-refractivity contribution is 6.37. The molecule has 3 rings (SSSR count). The average molecular weight is 634 g/mol. The maximum Gasteiger partial charge on any atom is 0.315 e. The summed E-state index contributed by atoms with van der Waals surface area (Å²) >= 11 is 0. The standard InChI is InChI=1S/C33H55N5O7/c1-19(2)21-14-23(28(42)36-22(13-20-9-10-20)25(40)27(34)41)38(16-21)29(43)26(31(3,4)5)37-30(44)35-17-32(6,7)15-24(39)45-18-33(8)11-12-33/h19-23,26H,9-18H2,1-8H3,(H2,34,41)(H,36,42)(H2,35,37,44)/t21-,22?,23+,26-/m1/s1. The molecule has 3 fully saturated rings. The number of nitrogens with one attached hydrogen (secondary N) is 3. The number of likely N-dealkylation sites (tertiary alicyclic amines) is 1. The lowest BCUT2D eigenvalue weighted by molar-refractivity contribution is -0.147. The van der Waals surface area contributed by atoms with Gasteiger partial charge in [-0.15, -0.1) is 0 Å². The zero-order chi connectivity index (χ0) is 33.9. The van der Waals surface area contributed by atoms with Gasteiger partial charge in [-0.05, 0) is 54.3 Å². The van der Waals surface area contributed by atoms with E-state index in [1.54, 1.807) is 0 Å². The molecule has 1 unspecified atom stereocenters. The van der Waals surface area contributed by atoms with Crippen molar-refractivity contribution in [2.45, 2.75) is 118 Å². The maximum atomic E-state index is 14.1. The SMILES string of the molecule is CC(C)[C@@H]1C[C@@H](C(=O)NC(CC2CC2)C(=O)C(N)=O)N(C(=O)[C@@H](NC(=O)NCC(C)(C)CC(=O)OCC2(C)CC2)C(C)(C)C)C1. The second-order valence-corrected chi connectivity index (χ2v) is 16.2. The highest BCUT2D eigenvalue weighted by Crippen LogP contribution is 2.45. The molecule has 12 nitrogen and oxygen atoms in total. The molecule has 254 valence electrons. The first kappa shape index (κ1) is 36.3. The van der Waals surface area contributed by atoms with Crippen molar-refractivity contribution in [1.82, 2.24) is 20.9 Å². The summed E-state index contributed by atoms with van der Waals surface area (Å²) in [5.74, 6) is -2.72. The van der Waals surface area contributed by atoms with E-state index in [0.29, 0.717) is 26.0 Å². The van der Waals surface area contributed by atoms with Crippen molar-refractivity contribution >= 4 is 35.5 Å². The van der Waals surface area contributed by atoms with E-state index in [-0.39, 0.29) is 42.1 Å². The van der Waals surface area contributed by atoms with Gasteiger partial charge in [0.15, 0.2) is 0 Å². The number of ether oxygens (including phenoxy) is 1. The van der Waals surface area contributed by atoms with E-state index in [4.69, 9.17) is 10.5 Å². The molecule has 4 atom stereocenters. The lowest BCUT2D eigenvalue weighted by Crippen LogP contribution is -2.60. The van der Waals surface area contributed by atoms with Gasteiger partial charge in [0.25, 0.3) is 5.91 Å². The fourth-order valence-corrected chi connectivity index (χ4v) is 5.63. The third-order valence-corrected chi connectivity index (χ3v) is 9.43. The van der Waals surface area contributed by atoms with Crippen LogP contribution in [0.3, 0.4) is 0 Å². The van der Waals surface area contributed by atoms with Crippen LogP contribution in [0.5, 0.6) is 0 Å². The number of hydrogen-bond donors (Lipinski definition) is 4. The number of rotatable bonds is 15. The van der Waals surface area contributed by atoms with E-state index in [2.05, 4.69) is 22.9 Å². The monoisotopic (exact) mass is 633 g/mol. The highest BCUT2D eigenvalue weighted by Gasteiger charge is 2.46. The number of carbonyl (C=O) groups excluding carboxylic acids is 6. The van der Waals surface area contributed by atoms with Crippen LogP contribution in [0.15, 0.2) is 0 Å². The number of primary amides is 1. The summed E-state index contributed by atoms with van der Waals surface area (Å²) < 4.78 is 5.44. The largest absolute Gasteiger partial charge is 0.465 e. The quantitative estimate of drug-likeness (QED) is 0.158. The third kappa shape index (κ3) is 10.7. The zero-order valence-corrected chi connectivity index (χ0v) is 28.4. The highest BCUT2D eigenvalue weighted by atomic mass is 16.5. The lowest BCUT2D eigenvalue weighted by atomic mass is 9.85. The number of ketones is 1. The van der Waals surface area contributed by atoms with Gasteiger partial charge >= 0.3 is 12.0 Å². The van der Waals surface area contributed by atoms with Crippen molar-refractivity contribution < 1.29 is 33.5 Å². The molecule has 0 radical (unpaired) electrons. The number of hydrogen-bond acceptors (Lipinski definition) is 7. The zero-order valence-electron chi connectivity index (χ0n) is 28.4. The van der Waals surface area contributed by atoms with E-state index in [0.717, 1.165) is 25.7 Å². The molecule has 5 amide bonds. The summed E-state index contributed by atoms with van der Waals surface area (Å²) in [6, 6.07) is -3.44. The van der Waals surface area contributed by atoms with E-state index >= 15 is 0 Å². The summed E-state index contributed by atoms with van der Waals surface area (Å²) in [6.45, 7) is 16.2. The van der Waals surface area contributed by atoms with Crippen LogP contribution in [-0.2, 0) is 28.7 Å². The topological polar surface area (TPSA) is 177 Å². The molecule has 0 aromatic heterocycles. The predicted molar refractivity (Wildman–Crippen MR) is 168 cm³/mol. The minimum Gasteiger partial charge on any atom is -0.465 e. The summed E-state index contributed by atoms with van der Waals surface area (Å²) in [6.07, 6.45) is 4.80. The number of carbonyl (C=O) groups is 6. The normalized spacial score (nSPS) is 22.3. The van der Waals surface area contributed by atoms with Gasteiger partial charge in [-0.25, -0.2) is 4.79 Å². The lowest BCUT2D eigenvalue weighted by Gasteiger charge is -2.36. The minimum atomic E-state index is -1.10. The summed E-state index contributed by atoms with van der Waals surface area (Å²) in [7, 11) is 0. The number of urea groups is 1.